The maximum Gasteiger partial charge on any atom is 0.245 e. The van der Waals surface area contributed by atoms with Gasteiger partial charge in [0.1, 0.15) is 6.04 Å². The Kier molecular flexibility index (Phi) is 18.1. The van der Waals surface area contributed by atoms with Gasteiger partial charge in [0.15, 0.2) is 0 Å². The number of methoxy groups -OCH3 is 2. The smallest absolute Gasteiger partial charge is 0.245 e. The first-order valence-corrected chi connectivity index (χ1v) is 19.0. The van der Waals surface area contributed by atoms with E-state index in [1.807, 2.05) is 64.6 Å². The van der Waals surface area contributed by atoms with Crippen molar-refractivity contribution in [3.8, 4) is 0 Å². The number of benzene rings is 1. The Morgan fingerprint density at radius 2 is 1.49 bits per heavy atom. The summed E-state index contributed by atoms with van der Waals surface area (Å²) in [5.74, 6) is -1.11. The number of likely N-dealkylation sites (tertiary alicyclic amines) is 1. The van der Waals surface area contributed by atoms with Gasteiger partial charge < -0.3 is 35.2 Å². The molecule has 11 nitrogen and oxygen atoms in total. The Hall–Kier alpha value is -3.02. The van der Waals surface area contributed by atoms with Crippen LogP contribution in [0.4, 0.5) is 0 Å². The van der Waals surface area contributed by atoms with Crippen molar-refractivity contribution in [2.24, 2.45) is 23.7 Å². The lowest BCUT2D eigenvalue weighted by atomic mass is 9.89. The SMILES string of the molecule is CCC(C)[C@@H]([C@@H](CC(=O)N1CCC[C@H]1[C@H](OC)[C@@H](C)C(=O)N[C@H](C)[C@@H](C)c1ccccc1)OC)N(C)C(=O)[C@@H](NC(=O)[C@@H](NC)C(C)C)C(C)C. The van der Waals surface area contributed by atoms with Crippen LogP contribution in [0.5, 0.6) is 0 Å². The summed E-state index contributed by atoms with van der Waals surface area (Å²) in [7, 11) is 6.67. The number of rotatable bonds is 20. The van der Waals surface area contributed by atoms with Gasteiger partial charge in [0.05, 0.1) is 42.7 Å². The van der Waals surface area contributed by atoms with Gasteiger partial charge in [-0.15, -0.1) is 0 Å². The van der Waals surface area contributed by atoms with Crippen LogP contribution in [0.1, 0.15) is 99.5 Å². The molecule has 1 heterocycles. The average Bonchev–Trinajstić information content (AvgIpc) is 3.59. The number of likely N-dealkylation sites (N-methyl/N-ethyl adjacent to an activating group) is 2. The molecule has 1 aliphatic rings. The Balaban J connectivity index is 2.24. The number of hydrogen-bond acceptors (Lipinski definition) is 7. The number of nitrogens with zero attached hydrogens (tertiary/aromatic N) is 2. The molecule has 1 aliphatic heterocycles. The summed E-state index contributed by atoms with van der Waals surface area (Å²) in [6.07, 6.45) is 1.27. The van der Waals surface area contributed by atoms with E-state index >= 15 is 0 Å². The van der Waals surface area contributed by atoms with Crippen molar-refractivity contribution in [2.45, 2.75) is 136 Å². The highest BCUT2D eigenvalue weighted by atomic mass is 16.5. The van der Waals surface area contributed by atoms with Gasteiger partial charge in [0.2, 0.25) is 23.6 Å². The van der Waals surface area contributed by atoms with Crippen LogP contribution in [0.25, 0.3) is 0 Å². The van der Waals surface area contributed by atoms with Gasteiger partial charge in [-0.25, -0.2) is 0 Å². The second-order valence-corrected chi connectivity index (χ2v) is 15.3. The quantitative estimate of drug-likeness (QED) is 0.180. The monoisotopic (exact) mass is 716 g/mol. The van der Waals surface area contributed by atoms with E-state index in [1.165, 1.54) is 0 Å². The molecular formula is C40H69N5O6. The summed E-state index contributed by atoms with van der Waals surface area (Å²) < 4.78 is 12.0. The van der Waals surface area contributed by atoms with Crippen molar-refractivity contribution in [2.75, 3.05) is 34.9 Å². The molecule has 1 fully saturated rings. The molecule has 0 aliphatic carbocycles. The molecule has 10 atom stereocenters. The molecule has 1 unspecified atom stereocenters. The van der Waals surface area contributed by atoms with E-state index in [4.69, 9.17) is 9.47 Å². The zero-order chi connectivity index (χ0) is 38.6. The highest BCUT2D eigenvalue weighted by molar-refractivity contribution is 5.90. The third-order valence-electron chi connectivity index (χ3n) is 11.2. The first kappa shape index (κ1) is 44.1. The summed E-state index contributed by atoms with van der Waals surface area (Å²) >= 11 is 0. The van der Waals surface area contributed by atoms with Gasteiger partial charge in [0.25, 0.3) is 0 Å². The Labute approximate surface area is 308 Å². The third kappa shape index (κ3) is 11.5. The second-order valence-electron chi connectivity index (χ2n) is 15.3. The lowest BCUT2D eigenvalue weighted by Crippen LogP contribution is -2.59. The molecule has 1 aromatic rings. The summed E-state index contributed by atoms with van der Waals surface area (Å²) in [4.78, 5) is 58.5. The minimum atomic E-state index is -0.742. The van der Waals surface area contributed by atoms with Crippen molar-refractivity contribution in [3.05, 3.63) is 35.9 Å². The van der Waals surface area contributed by atoms with Crippen LogP contribution >= 0.6 is 0 Å². The fourth-order valence-electron chi connectivity index (χ4n) is 7.58. The largest absolute Gasteiger partial charge is 0.379 e. The number of ether oxygens (including phenoxy) is 2. The minimum absolute atomic E-state index is 0.00557. The van der Waals surface area contributed by atoms with Crippen molar-refractivity contribution >= 4 is 23.6 Å². The topological polar surface area (TPSA) is 129 Å². The maximum atomic E-state index is 14.2. The lowest BCUT2D eigenvalue weighted by molar-refractivity contribution is -0.147. The highest BCUT2D eigenvalue weighted by Crippen LogP contribution is 2.30. The molecule has 0 aromatic heterocycles. The van der Waals surface area contributed by atoms with Crippen LogP contribution in [0.2, 0.25) is 0 Å². The molecule has 0 saturated carbocycles. The van der Waals surface area contributed by atoms with E-state index in [2.05, 4.69) is 48.9 Å². The first-order chi connectivity index (χ1) is 24.0. The van der Waals surface area contributed by atoms with Crippen molar-refractivity contribution in [1.82, 2.24) is 25.8 Å². The van der Waals surface area contributed by atoms with Crippen molar-refractivity contribution < 1.29 is 28.7 Å². The normalized spacial score (nSPS) is 20.1. The zero-order valence-electron chi connectivity index (χ0n) is 33.7. The molecule has 1 saturated heterocycles. The number of carbonyl (C=O) groups is 4. The molecule has 1 aromatic carbocycles. The van der Waals surface area contributed by atoms with Crippen molar-refractivity contribution in [1.29, 1.82) is 0 Å². The molecule has 0 radical (unpaired) electrons. The molecular weight excluding hydrogens is 646 g/mol. The van der Waals surface area contributed by atoms with Crippen LogP contribution in [-0.2, 0) is 28.7 Å². The predicted octanol–water partition coefficient (Wildman–Crippen LogP) is 4.60. The molecule has 3 N–H and O–H groups in total. The number of hydrogen-bond donors (Lipinski definition) is 3. The average molecular weight is 716 g/mol. The Morgan fingerprint density at radius 3 is 2.00 bits per heavy atom. The van der Waals surface area contributed by atoms with E-state index < -0.39 is 36.3 Å². The number of amides is 4. The van der Waals surface area contributed by atoms with E-state index in [1.54, 1.807) is 33.2 Å². The second kappa shape index (κ2) is 20.9. The van der Waals surface area contributed by atoms with Crippen LogP contribution in [-0.4, -0.2) is 111 Å². The van der Waals surface area contributed by atoms with Gasteiger partial charge in [-0.1, -0.05) is 92.1 Å². The standard InChI is InChI=1S/C40H69N5O6/c1-14-26(6)36(44(11)40(49)35(25(4)5)43-39(48)34(41-10)24(2)3)32(50-12)23-33(46)45-22-18-21-31(45)37(51-13)28(8)38(47)42-29(9)27(7)30-19-16-15-17-20-30/h15-17,19-20,24-29,31-32,34-37,41H,14,18,21-23H2,1-13H3,(H,42,47)(H,43,48)/t26?,27-,28-,29-,31+,32-,34+,35+,36+,37-/m1/s1. The lowest BCUT2D eigenvalue weighted by Gasteiger charge is -2.41. The molecule has 4 amide bonds. The minimum Gasteiger partial charge on any atom is -0.379 e. The van der Waals surface area contributed by atoms with E-state index in [0.717, 1.165) is 24.8 Å². The Bertz CT molecular complexity index is 1240. The maximum absolute atomic E-state index is 14.2. The summed E-state index contributed by atoms with van der Waals surface area (Å²) in [6.45, 7) is 18.4. The van der Waals surface area contributed by atoms with E-state index in [-0.39, 0.29) is 65.8 Å². The van der Waals surface area contributed by atoms with Gasteiger partial charge in [-0.05, 0) is 50.1 Å². The summed E-state index contributed by atoms with van der Waals surface area (Å²) in [5, 5.41) is 9.25. The fourth-order valence-corrected chi connectivity index (χ4v) is 7.58. The highest BCUT2D eigenvalue weighted by Gasteiger charge is 2.43. The van der Waals surface area contributed by atoms with Gasteiger partial charge in [0, 0.05) is 39.8 Å². The van der Waals surface area contributed by atoms with Gasteiger partial charge in [-0.3, -0.25) is 19.2 Å². The van der Waals surface area contributed by atoms with E-state index in [0.29, 0.717) is 6.54 Å². The predicted molar refractivity (Wildman–Crippen MR) is 203 cm³/mol. The van der Waals surface area contributed by atoms with Crippen LogP contribution in [0, 0.1) is 23.7 Å². The van der Waals surface area contributed by atoms with Gasteiger partial charge in [-0.2, -0.15) is 0 Å². The molecule has 0 bridgehead atoms. The van der Waals surface area contributed by atoms with Gasteiger partial charge >= 0.3 is 0 Å². The fraction of sp³-hybridized carbons (Fsp3) is 0.750. The van der Waals surface area contributed by atoms with Crippen LogP contribution in [0.15, 0.2) is 30.3 Å². The van der Waals surface area contributed by atoms with Crippen LogP contribution < -0.4 is 16.0 Å². The molecule has 11 heteroatoms. The van der Waals surface area contributed by atoms with E-state index in [9.17, 15) is 19.2 Å². The number of carbonyl (C=O) groups excluding carboxylic acids is 4. The molecule has 2 rings (SSSR count). The summed E-state index contributed by atoms with van der Waals surface area (Å²) in [6, 6.07) is 8.16. The Morgan fingerprint density at radius 1 is 0.882 bits per heavy atom. The zero-order valence-corrected chi connectivity index (χ0v) is 33.7. The van der Waals surface area contributed by atoms with Crippen LogP contribution in [0.3, 0.4) is 0 Å². The molecule has 290 valence electrons. The third-order valence-corrected chi connectivity index (χ3v) is 11.2. The molecule has 51 heavy (non-hydrogen) atoms. The van der Waals surface area contributed by atoms with Crippen molar-refractivity contribution in [3.63, 3.8) is 0 Å². The first-order valence-electron chi connectivity index (χ1n) is 19.0. The number of nitrogens with one attached hydrogen (secondary N) is 3. The molecule has 0 spiro atoms. The summed E-state index contributed by atoms with van der Waals surface area (Å²) in [5.41, 5.74) is 1.16.